The summed E-state index contributed by atoms with van der Waals surface area (Å²) in [6, 6.07) is 1.84. The molecular formula is C11H18N2O3. The number of rotatable bonds is 5. The Morgan fingerprint density at radius 1 is 1.62 bits per heavy atom. The number of ether oxygens (including phenoxy) is 2. The molecule has 1 heterocycles. The molecule has 5 heteroatoms. The third-order valence-corrected chi connectivity index (χ3v) is 2.70. The first-order chi connectivity index (χ1) is 7.79. The van der Waals surface area contributed by atoms with Gasteiger partial charge in [0.25, 0.3) is 0 Å². The Balaban J connectivity index is 2.35. The SMILES string of the molecule is COC(=O)C1COCCN1CCCCC#N. The van der Waals surface area contributed by atoms with Crippen LogP contribution < -0.4 is 0 Å². The molecular weight excluding hydrogens is 208 g/mol. The predicted molar refractivity (Wildman–Crippen MR) is 57.7 cm³/mol. The van der Waals surface area contributed by atoms with Gasteiger partial charge in [0.2, 0.25) is 0 Å². The standard InChI is InChI=1S/C11H18N2O3/c1-15-11(14)10-9-16-8-7-13(10)6-4-2-3-5-12/h10H,2-4,6-9H2,1H3. The average Bonchev–Trinajstić information content (AvgIpc) is 2.34. The number of esters is 1. The maximum Gasteiger partial charge on any atom is 0.325 e. The fourth-order valence-corrected chi connectivity index (χ4v) is 1.78. The second-order valence-electron chi connectivity index (χ2n) is 3.77. The Hall–Kier alpha value is -1.12. The van der Waals surface area contributed by atoms with Crippen LogP contribution in [-0.4, -0.2) is 50.3 Å². The molecule has 0 spiro atoms. The van der Waals surface area contributed by atoms with Gasteiger partial charge < -0.3 is 9.47 Å². The van der Waals surface area contributed by atoms with Crippen molar-refractivity contribution >= 4 is 5.97 Å². The zero-order valence-electron chi connectivity index (χ0n) is 9.65. The summed E-state index contributed by atoms with van der Waals surface area (Å²) in [5.74, 6) is -0.236. The van der Waals surface area contributed by atoms with Crippen LogP contribution in [0.4, 0.5) is 0 Å². The van der Waals surface area contributed by atoms with Gasteiger partial charge in [0, 0.05) is 13.0 Å². The van der Waals surface area contributed by atoms with E-state index in [2.05, 4.69) is 11.0 Å². The molecule has 1 fully saturated rings. The Kier molecular flexibility index (Phi) is 5.83. The summed E-state index contributed by atoms with van der Waals surface area (Å²) in [5.41, 5.74) is 0. The second kappa shape index (κ2) is 7.20. The van der Waals surface area contributed by atoms with Crippen LogP contribution in [0.25, 0.3) is 0 Å². The van der Waals surface area contributed by atoms with Crippen molar-refractivity contribution in [1.29, 1.82) is 5.26 Å². The van der Waals surface area contributed by atoms with Crippen LogP contribution in [0.5, 0.6) is 0 Å². The first-order valence-electron chi connectivity index (χ1n) is 5.56. The Bertz CT molecular complexity index is 262. The van der Waals surface area contributed by atoms with Gasteiger partial charge in [-0.2, -0.15) is 5.26 Å². The third-order valence-electron chi connectivity index (χ3n) is 2.70. The van der Waals surface area contributed by atoms with E-state index in [9.17, 15) is 4.79 Å². The molecule has 0 bridgehead atoms. The number of carbonyl (C=O) groups is 1. The van der Waals surface area contributed by atoms with E-state index < -0.39 is 0 Å². The van der Waals surface area contributed by atoms with Crippen molar-refractivity contribution in [2.24, 2.45) is 0 Å². The van der Waals surface area contributed by atoms with E-state index in [-0.39, 0.29) is 12.0 Å². The maximum absolute atomic E-state index is 11.5. The minimum absolute atomic E-state index is 0.236. The van der Waals surface area contributed by atoms with Gasteiger partial charge in [0.1, 0.15) is 6.04 Å². The largest absolute Gasteiger partial charge is 0.468 e. The lowest BCUT2D eigenvalue weighted by Crippen LogP contribution is -2.50. The Morgan fingerprint density at radius 3 is 3.12 bits per heavy atom. The topological polar surface area (TPSA) is 62.6 Å². The highest BCUT2D eigenvalue weighted by molar-refractivity contribution is 5.75. The quantitative estimate of drug-likeness (QED) is 0.506. The molecule has 1 rings (SSSR count). The summed E-state index contributed by atoms with van der Waals surface area (Å²) in [7, 11) is 1.39. The molecule has 1 saturated heterocycles. The van der Waals surface area contributed by atoms with Gasteiger partial charge in [0.05, 0.1) is 26.4 Å². The van der Waals surface area contributed by atoms with Gasteiger partial charge in [-0.15, -0.1) is 0 Å². The second-order valence-corrected chi connectivity index (χ2v) is 3.77. The van der Waals surface area contributed by atoms with Crippen molar-refractivity contribution in [3.05, 3.63) is 0 Å². The Labute approximate surface area is 95.9 Å². The average molecular weight is 226 g/mol. The van der Waals surface area contributed by atoms with Crippen molar-refractivity contribution in [2.45, 2.75) is 25.3 Å². The molecule has 90 valence electrons. The van der Waals surface area contributed by atoms with Gasteiger partial charge >= 0.3 is 5.97 Å². The van der Waals surface area contributed by atoms with Crippen molar-refractivity contribution in [1.82, 2.24) is 4.90 Å². The summed E-state index contributed by atoms with van der Waals surface area (Å²) in [6.45, 7) is 2.65. The molecule has 0 aromatic carbocycles. The fourth-order valence-electron chi connectivity index (χ4n) is 1.78. The van der Waals surface area contributed by atoms with Gasteiger partial charge in [-0.05, 0) is 19.4 Å². The zero-order valence-corrected chi connectivity index (χ0v) is 9.65. The van der Waals surface area contributed by atoms with Gasteiger partial charge in [-0.25, -0.2) is 0 Å². The molecule has 0 aromatic heterocycles. The van der Waals surface area contributed by atoms with E-state index in [4.69, 9.17) is 14.7 Å². The number of methoxy groups -OCH3 is 1. The number of carbonyl (C=O) groups excluding carboxylic acids is 1. The van der Waals surface area contributed by atoms with Crippen molar-refractivity contribution in [2.75, 3.05) is 33.4 Å². The first-order valence-corrected chi connectivity index (χ1v) is 5.56. The van der Waals surface area contributed by atoms with E-state index in [1.165, 1.54) is 7.11 Å². The molecule has 16 heavy (non-hydrogen) atoms. The summed E-state index contributed by atoms with van der Waals surface area (Å²) in [4.78, 5) is 13.5. The number of morpholine rings is 1. The lowest BCUT2D eigenvalue weighted by molar-refractivity contribution is -0.153. The number of unbranched alkanes of at least 4 members (excludes halogenated alkanes) is 2. The van der Waals surface area contributed by atoms with Gasteiger partial charge in [-0.3, -0.25) is 9.69 Å². The summed E-state index contributed by atoms with van der Waals surface area (Å²) >= 11 is 0. The summed E-state index contributed by atoms with van der Waals surface area (Å²) in [6.07, 6.45) is 2.38. The summed E-state index contributed by atoms with van der Waals surface area (Å²) < 4.78 is 10.0. The van der Waals surface area contributed by atoms with Crippen LogP contribution in [0.1, 0.15) is 19.3 Å². The van der Waals surface area contributed by atoms with Crippen molar-refractivity contribution < 1.29 is 14.3 Å². The molecule has 0 N–H and O–H groups in total. The first kappa shape index (κ1) is 12.9. The van der Waals surface area contributed by atoms with Gasteiger partial charge in [0.15, 0.2) is 0 Å². The molecule has 0 saturated carbocycles. The third kappa shape index (κ3) is 3.80. The van der Waals surface area contributed by atoms with E-state index >= 15 is 0 Å². The van der Waals surface area contributed by atoms with E-state index in [0.717, 1.165) is 25.9 Å². The van der Waals surface area contributed by atoms with Crippen LogP contribution in [0, 0.1) is 11.3 Å². The number of nitrogens with zero attached hydrogens (tertiary/aromatic N) is 2. The minimum Gasteiger partial charge on any atom is -0.468 e. The summed E-state index contributed by atoms with van der Waals surface area (Å²) in [5, 5.41) is 8.42. The molecule has 0 aromatic rings. The predicted octanol–water partition coefficient (Wildman–Crippen LogP) is 0.554. The van der Waals surface area contributed by atoms with E-state index in [1.807, 2.05) is 0 Å². The minimum atomic E-state index is -0.277. The van der Waals surface area contributed by atoms with Crippen LogP contribution in [0.15, 0.2) is 0 Å². The molecule has 0 radical (unpaired) electrons. The Morgan fingerprint density at radius 2 is 2.44 bits per heavy atom. The highest BCUT2D eigenvalue weighted by Gasteiger charge is 2.29. The van der Waals surface area contributed by atoms with Crippen molar-refractivity contribution in [3.8, 4) is 6.07 Å². The molecule has 1 aliphatic heterocycles. The van der Waals surface area contributed by atoms with E-state index in [1.54, 1.807) is 0 Å². The monoisotopic (exact) mass is 226 g/mol. The molecule has 0 amide bonds. The van der Waals surface area contributed by atoms with Crippen LogP contribution in [-0.2, 0) is 14.3 Å². The number of nitriles is 1. The van der Waals surface area contributed by atoms with Gasteiger partial charge in [-0.1, -0.05) is 0 Å². The molecule has 1 atom stereocenters. The van der Waals surface area contributed by atoms with E-state index in [0.29, 0.717) is 19.6 Å². The zero-order chi connectivity index (χ0) is 11.8. The molecule has 5 nitrogen and oxygen atoms in total. The maximum atomic E-state index is 11.5. The van der Waals surface area contributed by atoms with Crippen LogP contribution >= 0.6 is 0 Å². The highest BCUT2D eigenvalue weighted by Crippen LogP contribution is 2.10. The number of hydrogen-bond acceptors (Lipinski definition) is 5. The molecule has 1 aliphatic rings. The fraction of sp³-hybridized carbons (Fsp3) is 0.818. The smallest absolute Gasteiger partial charge is 0.325 e. The number of hydrogen-bond donors (Lipinski definition) is 0. The van der Waals surface area contributed by atoms with Crippen LogP contribution in [0.3, 0.4) is 0 Å². The lowest BCUT2D eigenvalue weighted by Gasteiger charge is -2.33. The van der Waals surface area contributed by atoms with Crippen LogP contribution in [0.2, 0.25) is 0 Å². The highest BCUT2D eigenvalue weighted by atomic mass is 16.5. The molecule has 0 aliphatic carbocycles. The lowest BCUT2D eigenvalue weighted by atomic mass is 10.2. The normalized spacial score (nSPS) is 21.4. The molecule has 1 unspecified atom stereocenters. The van der Waals surface area contributed by atoms with Crippen molar-refractivity contribution in [3.63, 3.8) is 0 Å².